The van der Waals surface area contributed by atoms with Crippen LogP contribution in [0.15, 0.2) is 41.7 Å². The molecule has 0 aliphatic rings. The molecule has 3 heterocycles. The maximum atomic E-state index is 12.3. The molecule has 10 heteroatoms. The number of pyridine rings is 1. The standard InChI is InChI=1S/C11H7Cl2N5O2S/c12-9-3-2-8(10(13)16-9)21(19,20)17-7-6-15-18-5-1-4-14-11(7)18/h1-6,17H. The molecule has 3 aromatic heterocycles. The lowest BCUT2D eigenvalue weighted by Crippen LogP contribution is -2.14. The van der Waals surface area contributed by atoms with Crippen LogP contribution >= 0.6 is 23.2 Å². The minimum absolute atomic E-state index is 0.108. The van der Waals surface area contributed by atoms with Crippen molar-refractivity contribution in [3.63, 3.8) is 0 Å². The number of halogens is 2. The molecule has 0 atom stereocenters. The highest BCUT2D eigenvalue weighted by molar-refractivity contribution is 7.92. The Balaban J connectivity index is 2.03. The van der Waals surface area contributed by atoms with Gasteiger partial charge in [-0.2, -0.15) is 5.10 Å². The molecule has 3 aromatic rings. The molecule has 7 nitrogen and oxygen atoms in total. The van der Waals surface area contributed by atoms with Crippen molar-refractivity contribution in [2.24, 2.45) is 0 Å². The molecule has 0 aliphatic heterocycles. The Bertz CT molecular complexity index is 925. The molecule has 0 bridgehead atoms. The minimum atomic E-state index is -3.92. The van der Waals surface area contributed by atoms with Crippen molar-refractivity contribution in [3.8, 4) is 0 Å². The van der Waals surface area contributed by atoms with Gasteiger partial charge in [-0.3, -0.25) is 4.72 Å². The molecule has 0 aliphatic carbocycles. The zero-order chi connectivity index (χ0) is 15.0. The summed E-state index contributed by atoms with van der Waals surface area (Å²) in [6, 6.07) is 4.30. The molecule has 3 rings (SSSR count). The molecule has 0 radical (unpaired) electrons. The average molecular weight is 344 g/mol. The third kappa shape index (κ3) is 2.65. The number of sulfonamides is 1. The molecule has 0 fully saturated rings. The van der Waals surface area contributed by atoms with Crippen LogP contribution in [-0.2, 0) is 10.0 Å². The highest BCUT2D eigenvalue weighted by atomic mass is 35.5. The quantitative estimate of drug-likeness (QED) is 0.736. The molecule has 0 aromatic carbocycles. The summed E-state index contributed by atoms with van der Waals surface area (Å²) < 4.78 is 28.5. The Hall–Kier alpha value is -1.90. The highest BCUT2D eigenvalue weighted by Gasteiger charge is 2.21. The molecule has 21 heavy (non-hydrogen) atoms. The molecule has 108 valence electrons. The monoisotopic (exact) mass is 343 g/mol. The molecule has 1 N–H and O–H groups in total. The van der Waals surface area contributed by atoms with Crippen molar-refractivity contribution in [1.29, 1.82) is 0 Å². The molecule has 0 saturated carbocycles. The Kier molecular flexibility index (Phi) is 3.44. The van der Waals surface area contributed by atoms with Crippen LogP contribution in [0.25, 0.3) is 5.65 Å². The first-order chi connectivity index (χ1) is 9.97. The van der Waals surface area contributed by atoms with E-state index in [2.05, 4.69) is 19.8 Å². The summed E-state index contributed by atoms with van der Waals surface area (Å²) in [5, 5.41) is 3.89. The van der Waals surface area contributed by atoms with E-state index < -0.39 is 10.0 Å². The van der Waals surface area contributed by atoms with Gasteiger partial charge >= 0.3 is 0 Å². The first-order valence-corrected chi connectivity index (χ1v) is 7.84. The summed E-state index contributed by atoms with van der Waals surface area (Å²) in [6.45, 7) is 0. The summed E-state index contributed by atoms with van der Waals surface area (Å²) in [6.07, 6.45) is 4.54. The summed E-state index contributed by atoms with van der Waals surface area (Å²) in [4.78, 5) is 7.59. The Morgan fingerprint density at radius 3 is 2.81 bits per heavy atom. The van der Waals surface area contributed by atoms with Crippen molar-refractivity contribution in [2.75, 3.05) is 4.72 Å². The van der Waals surface area contributed by atoms with Gasteiger partial charge in [0.15, 0.2) is 10.8 Å². The van der Waals surface area contributed by atoms with E-state index in [0.717, 1.165) is 0 Å². The van der Waals surface area contributed by atoms with Crippen molar-refractivity contribution < 1.29 is 8.42 Å². The predicted octanol–water partition coefficient (Wildman–Crippen LogP) is 2.23. The second kappa shape index (κ2) is 5.14. The van der Waals surface area contributed by atoms with E-state index in [1.807, 2.05) is 0 Å². The van der Waals surface area contributed by atoms with E-state index in [-0.39, 0.29) is 20.9 Å². The number of nitrogens with one attached hydrogen (secondary N) is 1. The van der Waals surface area contributed by atoms with Gasteiger partial charge in [0, 0.05) is 12.4 Å². The molecule has 0 saturated heterocycles. The summed E-state index contributed by atoms with van der Waals surface area (Å²) >= 11 is 11.5. The lowest BCUT2D eigenvalue weighted by molar-refractivity contribution is 0.601. The number of aromatic nitrogens is 4. The van der Waals surface area contributed by atoms with Crippen LogP contribution in [0.4, 0.5) is 5.69 Å². The zero-order valence-corrected chi connectivity index (χ0v) is 12.6. The first kappa shape index (κ1) is 14.1. The van der Waals surface area contributed by atoms with Crippen LogP contribution in [0.5, 0.6) is 0 Å². The normalized spacial score (nSPS) is 11.7. The largest absolute Gasteiger partial charge is 0.274 e. The molecular formula is C11H7Cl2N5O2S. The van der Waals surface area contributed by atoms with Gasteiger partial charge in [-0.25, -0.2) is 22.9 Å². The number of fused-ring (bicyclic) bond motifs is 1. The number of rotatable bonds is 3. The third-order valence-electron chi connectivity index (χ3n) is 2.59. The van der Waals surface area contributed by atoms with E-state index >= 15 is 0 Å². The number of hydrogen-bond donors (Lipinski definition) is 1. The van der Waals surface area contributed by atoms with Gasteiger partial charge in [-0.15, -0.1) is 0 Å². The smallest absolute Gasteiger partial charge is 0.265 e. The molecule has 0 spiro atoms. The topological polar surface area (TPSA) is 89.2 Å². The SMILES string of the molecule is O=S(=O)(Nc1cnn2cccnc12)c1ccc(Cl)nc1Cl. The first-order valence-electron chi connectivity index (χ1n) is 5.60. The van der Waals surface area contributed by atoms with Crippen molar-refractivity contribution in [1.82, 2.24) is 19.6 Å². The van der Waals surface area contributed by atoms with Crippen molar-refractivity contribution >= 4 is 44.6 Å². The Labute approximate surface area is 129 Å². The summed E-state index contributed by atoms with van der Waals surface area (Å²) in [7, 11) is -3.92. The van der Waals surface area contributed by atoms with E-state index in [1.54, 1.807) is 12.3 Å². The lowest BCUT2D eigenvalue weighted by atomic mass is 10.5. The summed E-state index contributed by atoms with van der Waals surface area (Å²) in [5.74, 6) is 0. The van der Waals surface area contributed by atoms with Crippen molar-refractivity contribution in [3.05, 3.63) is 47.1 Å². The van der Waals surface area contributed by atoms with E-state index in [4.69, 9.17) is 23.2 Å². The highest BCUT2D eigenvalue weighted by Crippen LogP contribution is 2.24. The van der Waals surface area contributed by atoms with Crippen molar-refractivity contribution in [2.45, 2.75) is 4.90 Å². The van der Waals surface area contributed by atoms with Crippen LogP contribution in [0.1, 0.15) is 0 Å². The van der Waals surface area contributed by atoms with Crippen LogP contribution in [0, 0.1) is 0 Å². The maximum Gasteiger partial charge on any atom is 0.265 e. The van der Waals surface area contributed by atoms with Gasteiger partial charge in [0.05, 0.1) is 6.20 Å². The van der Waals surface area contributed by atoms with Gasteiger partial charge < -0.3 is 0 Å². The Morgan fingerprint density at radius 1 is 1.24 bits per heavy atom. The van der Waals surface area contributed by atoms with Crippen LogP contribution in [-0.4, -0.2) is 28.0 Å². The predicted molar refractivity (Wildman–Crippen MR) is 78.1 cm³/mol. The van der Waals surface area contributed by atoms with E-state index in [0.29, 0.717) is 5.65 Å². The van der Waals surface area contributed by atoms with Gasteiger partial charge in [-0.05, 0) is 18.2 Å². The van der Waals surface area contributed by atoms with Crippen LogP contribution in [0.2, 0.25) is 10.3 Å². The third-order valence-corrected chi connectivity index (χ3v) is 4.60. The maximum absolute atomic E-state index is 12.3. The zero-order valence-electron chi connectivity index (χ0n) is 10.2. The average Bonchev–Trinajstić information content (AvgIpc) is 2.81. The second-order valence-electron chi connectivity index (χ2n) is 3.97. The van der Waals surface area contributed by atoms with Gasteiger partial charge in [-0.1, -0.05) is 23.2 Å². The lowest BCUT2D eigenvalue weighted by Gasteiger charge is -2.07. The summed E-state index contributed by atoms with van der Waals surface area (Å²) in [5.41, 5.74) is 0.612. The second-order valence-corrected chi connectivity index (χ2v) is 6.37. The molecule has 0 unspecified atom stereocenters. The fourth-order valence-electron chi connectivity index (χ4n) is 1.70. The Morgan fingerprint density at radius 2 is 2.05 bits per heavy atom. The van der Waals surface area contributed by atoms with Gasteiger partial charge in [0.25, 0.3) is 10.0 Å². The van der Waals surface area contributed by atoms with E-state index in [1.165, 1.54) is 29.0 Å². The van der Waals surface area contributed by atoms with Crippen LogP contribution in [0.3, 0.4) is 0 Å². The van der Waals surface area contributed by atoms with Gasteiger partial charge in [0.1, 0.15) is 15.7 Å². The van der Waals surface area contributed by atoms with Crippen LogP contribution < -0.4 is 4.72 Å². The number of anilines is 1. The number of nitrogens with zero attached hydrogens (tertiary/aromatic N) is 4. The fraction of sp³-hybridized carbons (Fsp3) is 0. The van der Waals surface area contributed by atoms with Gasteiger partial charge in [0.2, 0.25) is 0 Å². The fourth-order valence-corrected chi connectivity index (χ4v) is 3.41. The molecule has 0 amide bonds. The van der Waals surface area contributed by atoms with E-state index in [9.17, 15) is 8.42 Å². The molecular weight excluding hydrogens is 337 g/mol. The number of hydrogen-bond acceptors (Lipinski definition) is 5. The minimum Gasteiger partial charge on any atom is -0.274 e.